The summed E-state index contributed by atoms with van der Waals surface area (Å²) >= 11 is 0. The van der Waals surface area contributed by atoms with Crippen LogP contribution in [0.5, 0.6) is 0 Å². The average Bonchev–Trinajstić information content (AvgIpc) is 3.16. The van der Waals surface area contributed by atoms with Crippen LogP contribution < -0.4 is 15.1 Å². The summed E-state index contributed by atoms with van der Waals surface area (Å²) in [5, 5.41) is 2.48. The minimum absolute atomic E-state index is 0.165. The Morgan fingerprint density at radius 1 is 1.06 bits per heavy atom. The quantitative estimate of drug-likeness (QED) is 0.725. The molecular formula is C24H34N4O4. The monoisotopic (exact) mass is 442 g/mol. The van der Waals surface area contributed by atoms with Crippen molar-refractivity contribution in [2.75, 3.05) is 36.5 Å². The van der Waals surface area contributed by atoms with Gasteiger partial charge in [-0.1, -0.05) is 6.07 Å². The van der Waals surface area contributed by atoms with E-state index in [4.69, 9.17) is 4.74 Å². The first-order valence-corrected chi connectivity index (χ1v) is 11.6. The predicted molar refractivity (Wildman–Crippen MR) is 123 cm³/mol. The summed E-state index contributed by atoms with van der Waals surface area (Å²) in [7, 11) is 1.83. The maximum atomic E-state index is 12.4. The highest BCUT2D eigenvalue weighted by molar-refractivity contribution is 6.02. The number of carbonyl (C=O) groups is 3. The number of fused-ring (bicyclic) bond motifs is 1. The van der Waals surface area contributed by atoms with Crippen molar-refractivity contribution in [3.8, 4) is 0 Å². The van der Waals surface area contributed by atoms with Gasteiger partial charge in [-0.15, -0.1) is 0 Å². The molecule has 32 heavy (non-hydrogen) atoms. The molecule has 0 unspecified atom stereocenters. The second-order valence-electron chi connectivity index (χ2n) is 9.99. The molecule has 0 spiro atoms. The van der Waals surface area contributed by atoms with E-state index < -0.39 is 5.60 Å². The van der Waals surface area contributed by atoms with Gasteiger partial charge in [-0.2, -0.15) is 0 Å². The third-order valence-electron chi connectivity index (χ3n) is 6.66. The average molecular weight is 443 g/mol. The van der Waals surface area contributed by atoms with Crippen LogP contribution in [0.25, 0.3) is 0 Å². The van der Waals surface area contributed by atoms with Crippen LogP contribution >= 0.6 is 0 Å². The Balaban J connectivity index is 1.42. The van der Waals surface area contributed by atoms with E-state index in [-0.39, 0.29) is 30.0 Å². The summed E-state index contributed by atoms with van der Waals surface area (Å²) in [4.78, 5) is 42.7. The zero-order valence-electron chi connectivity index (χ0n) is 19.5. The van der Waals surface area contributed by atoms with Gasteiger partial charge in [0.05, 0.1) is 0 Å². The third kappa shape index (κ3) is 4.54. The highest BCUT2D eigenvalue weighted by Crippen LogP contribution is 2.38. The third-order valence-corrected chi connectivity index (χ3v) is 6.66. The molecule has 0 saturated carbocycles. The van der Waals surface area contributed by atoms with Crippen LogP contribution in [0.4, 0.5) is 16.2 Å². The van der Waals surface area contributed by atoms with E-state index in [1.165, 1.54) is 11.3 Å². The van der Waals surface area contributed by atoms with Gasteiger partial charge in [0.2, 0.25) is 11.8 Å². The van der Waals surface area contributed by atoms with Gasteiger partial charge in [0.25, 0.3) is 0 Å². The van der Waals surface area contributed by atoms with Gasteiger partial charge in [-0.05, 0) is 58.6 Å². The summed E-state index contributed by atoms with van der Waals surface area (Å²) in [6, 6.07) is 6.18. The van der Waals surface area contributed by atoms with Gasteiger partial charge in [0, 0.05) is 56.1 Å². The first kappa shape index (κ1) is 22.4. The highest BCUT2D eigenvalue weighted by Gasteiger charge is 2.36. The van der Waals surface area contributed by atoms with Crippen LogP contribution in [-0.4, -0.2) is 67.2 Å². The first-order chi connectivity index (χ1) is 15.1. The van der Waals surface area contributed by atoms with Crippen molar-refractivity contribution in [2.45, 2.75) is 70.6 Å². The molecule has 0 radical (unpaired) electrons. The summed E-state index contributed by atoms with van der Waals surface area (Å²) in [5.41, 5.74) is 3.10. The zero-order chi connectivity index (χ0) is 23.0. The number of rotatable bonds is 3. The lowest BCUT2D eigenvalue weighted by Gasteiger charge is -2.39. The van der Waals surface area contributed by atoms with Crippen molar-refractivity contribution in [3.63, 3.8) is 0 Å². The minimum Gasteiger partial charge on any atom is -0.444 e. The number of amides is 3. The normalized spacial score (nSPS) is 21.9. The molecule has 2 saturated heterocycles. The molecule has 4 rings (SSSR count). The van der Waals surface area contributed by atoms with Crippen LogP contribution in [-0.2, 0) is 20.7 Å². The van der Waals surface area contributed by atoms with Crippen LogP contribution in [0.2, 0.25) is 0 Å². The van der Waals surface area contributed by atoms with E-state index in [2.05, 4.69) is 33.3 Å². The molecule has 8 heteroatoms. The van der Waals surface area contributed by atoms with E-state index >= 15 is 0 Å². The fourth-order valence-electron chi connectivity index (χ4n) is 5.02. The lowest BCUT2D eigenvalue weighted by Crippen LogP contribution is -2.52. The SMILES string of the molecule is CN(C(=O)OC(C)(C)C)C1CCN(c2cccc3c2CCN3[C@@H]2CCC(=O)NC2=O)CC1. The van der Waals surface area contributed by atoms with Gasteiger partial charge < -0.3 is 19.4 Å². The maximum absolute atomic E-state index is 12.4. The van der Waals surface area contributed by atoms with Gasteiger partial charge in [0.1, 0.15) is 11.6 Å². The van der Waals surface area contributed by atoms with Gasteiger partial charge in [-0.25, -0.2) is 4.79 Å². The largest absolute Gasteiger partial charge is 0.444 e. The number of nitrogens with one attached hydrogen (secondary N) is 1. The van der Waals surface area contributed by atoms with Crippen molar-refractivity contribution in [1.29, 1.82) is 0 Å². The van der Waals surface area contributed by atoms with Crippen LogP contribution in [0.3, 0.4) is 0 Å². The standard InChI is InChI=1S/C24H34N4O4/c1-24(2,3)32-23(31)26(4)16-10-13-27(14-11-16)18-6-5-7-19-17(18)12-15-28(19)20-8-9-21(29)25-22(20)30/h5-7,16,20H,8-15H2,1-4H3,(H,25,29,30)/t20-/m1/s1. The number of anilines is 2. The molecular weight excluding hydrogens is 408 g/mol. The Morgan fingerprint density at radius 2 is 1.75 bits per heavy atom. The van der Waals surface area contributed by atoms with Crippen LogP contribution in [0.15, 0.2) is 18.2 Å². The van der Waals surface area contributed by atoms with Crippen LogP contribution in [0, 0.1) is 0 Å². The fraction of sp³-hybridized carbons (Fsp3) is 0.625. The molecule has 1 aromatic rings. The Labute approximate surface area is 189 Å². The van der Waals surface area contributed by atoms with Gasteiger partial charge in [0.15, 0.2) is 0 Å². The topological polar surface area (TPSA) is 82.2 Å². The van der Waals surface area contributed by atoms with Crippen LogP contribution in [0.1, 0.15) is 52.0 Å². The zero-order valence-corrected chi connectivity index (χ0v) is 19.5. The van der Waals surface area contributed by atoms with E-state index in [0.717, 1.165) is 44.6 Å². The molecule has 174 valence electrons. The number of nitrogens with zero attached hydrogens (tertiary/aromatic N) is 3. The molecule has 3 amide bonds. The highest BCUT2D eigenvalue weighted by atomic mass is 16.6. The first-order valence-electron chi connectivity index (χ1n) is 11.6. The number of piperidine rings is 2. The smallest absolute Gasteiger partial charge is 0.410 e. The Morgan fingerprint density at radius 3 is 2.41 bits per heavy atom. The molecule has 1 aromatic carbocycles. The molecule has 0 aliphatic carbocycles. The molecule has 0 aromatic heterocycles. The molecule has 3 aliphatic heterocycles. The predicted octanol–water partition coefficient (Wildman–Crippen LogP) is 2.69. The van der Waals surface area contributed by atoms with E-state index in [1.54, 1.807) is 4.90 Å². The molecule has 3 aliphatic rings. The van der Waals surface area contributed by atoms with Gasteiger partial charge in [-0.3, -0.25) is 14.9 Å². The van der Waals surface area contributed by atoms with E-state index in [0.29, 0.717) is 12.8 Å². The Kier molecular flexibility index (Phi) is 6.05. The molecule has 8 nitrogen and oxygen atoms in total. The summed E-state index contributed by atoms with van der Waals surface area (Å²) in [5.74, 6) is -0.371. The number of ether oxygens (including phenoxy) is 1. The summed E-state index contributed by atoms with van der Waals surface area (Å²) in [6.07, 6.45) is 3.35. The lowest BCUT2D eigenvalue weighted by atomic mass is 10.0. The molecule has 1 N–H and O–H groups in total. The summed E-state index contributed by atoms with van der Waals surface area (Å²) in [6.45, 7) is 8.18. The van der Waals surface area contributed by atoms with E-state index in [1.807, 2.05) is 27.8 Å². The summed E-state index contributed by atoms with van der Waals surface area (Å²) < 4.78 is 5.52. The molecule has 1 atom stereocenters. The Bertz CT molecular complexity index is 902. The molecule has 3 heterocycles. The molecule has 2 fully saturated rings. The van der Waals surface area contributed by atoms with Crippen molar-refractivity contribution in [1.82, 2.24) is 10.2 Å². The van der Waals surface area contributed by atoms with Crippen molar-refractivity contribution < 1.29 is 19.1 Å². The second-order valence-corrected chi connectivity index (χ2v) is 9.99. The van der Waals surface area contributed by atoms with Crippen molar-refractivity contribution in [3.05, 3.63) is 23.8 Å². The van der Waals surface area contributed by atoms with Gasteiger partial charge >= 0.3 is 6.09 Å². The lowest BCUT2D eigenvalue weighted by molar-refractivity contribution is -0.134. The number of imide groups is 1. The van der Waals surface area contributed by atoms with E-state index in [9.17, 15) is 14.4 Å². The number of carbonyl (C=O) groups excluding carboxylic acids is 3. The number of hydrogen-bond donors (Lipinski definition) is 1. The molecule has 0 bridgehead atoms. The minimum atomic E-state index is -0.495. The van der Waals surface area contributed by atoms with Crippen molar-refractivity contribution >= 4 is 29.3 Å². The number of benzene rings is 1. The fourth-order valence-corrected chi connectivity index (χ4v) is 5.02. The second kappa shape index (κ2) is 8.64. The van der Waals surface area contributed by atoms with Crippen molar-refractivity contribution in [2.24, 2.45) is 0 Å². The maximum Gasteiger partial charge on any atom is 0.410 e. The Hall–Kier alpha value is -2.77. The number of hydrogen-bond acceptors (Lipinski definition) is 6.